The van der Waals surface area contributed by atoms with Crippen LogP contribution in [0.3, 0.4) is 0 Å². The van der Waals surface area contributed by atoms with E-state index < -0.39 is 0 Å². The molecule has 2 bridgehead atoms. The van der Waals surface area contributed by atoms with E-state index in [0.29, 0.717) is 5.92 Å². The summed E-state index contributed by atoms with van der Waals surface area (Å²) < 4.78 is 0. The summed E-state index contributed by atoms with van der Waals surface area (Å²) in [7, 11) is 0. The summed E-state index contributed by atoms with van der Waals surface area (Å²) in [5.74, 6) is 1.83. The minimum absolute atomic E-state index is 0.198. The number of nitrogens with one attached hydrogen (secondary N) is 2. The van der Waals surface area contributed by atoms with Gasteiger partial charge < -0.3 is 5.32 Å². The number of amides is 1. The van der Waals surface area contributed by atoms with Crippen LogP contribution in [0.5, 0.6) is 0 Å². The fourth-order valence-corrected chi connectivity index (χ4v) is 3.98. The maximum atomic E-state index is 12.5. The van der Waals surface area contributed by atoms with E-state index in [-0.39, 0.29) is 11.8 Å². The summed E-state index contributed by atoms with van der Waals surface area (Å²) in [4.78, 5) is 12.5. The van der Waals surface area contributed by atoms with Crippen LogP contribution < -0.4 is 5.32 Å². The lowest BCUT2D eigenvalue weighted by atomic mass is 9.88. The van der Waals surface area contributed by atoms with Crippen molar-refractivity contribution in [3.8, 4) is 11.3 Å². The van der Waals surface area contributed by atoms with Gasteiger partial charge in [-0.1, -0.05) is 18.6 Å². The minimum Gasteiger partial charge on any atom is -0.326 e. The van der Waals surface area contributed by atoms with Gasteiger partial charge in [0.25, 0.3) is 0 Å². The molecule has 2 saturated carbocycles. The molecule has 0 aliphatic heterocycles. The average Bonchev–Trinajstić information content (AvgIpc) is 3.24. The average molecular weight is 281 g/mol. The molecule has 2 aromatic rings. The predicted octanol–water partition coefficient (Wildman–Crippen LogP) is 3.45. The summed E-state index contributed by atoms with van der Waals surface area (Å²) in [6.07, 6.45) is 6.62. The first-order valence-electron chi connectivity index (χ1n) is 7.70. The lowest BCUT2D eigenvalue weighted by molar-refractivity contribution is -0.121. The maximum Gasteiger partial charge on any atom is 0.227 e. The highest BCUT2D eigenvalue weighted by molar-refractivity contribution is 5.93. The van der Waals surface area contributed by atoms with Crippen LogP contribution in [-0.2, 0) is 4.79 Å². The van der Waals surface area contributed by atoms with E-state index in [4.69, 9.17) is 0 Å². The Morgan fingerprint density at radius 2 is 2.19 bits per heavy atom. The third-order valence-corrected chi connectivity index (χ3v) is 5.02. The van der Waals surface area contributed by atoms with E-state index in [1.807, 2.05) is 30.3 Å². The summed E-state index contributed by atoms with van der Waals surface area (Å²) in [5, 5.41) is 10.0. The molecule has 108 valence electrons. The zero-order valence-electron chi connectivity index (χ0n) is 11.9. The van der Waals surface area contributed by atoms with Gasteiger partial charge in [-0.15, -0.1) is 0 Å². The molecule has 1 heterocycles. The molecular weight excluding hydrogens is 262 g/mol. The van der Waals surface area contributed by atoms with Crippen molar-refractivity contribution in [2.24, 2.45) is 17.8 Å². The normalized spacial score (nSPS) is 27.0. The number of hydrogen-bond acceptors (Lipinski definition) is 2. The van der Waals surface area contributed by atoms with Crippen LogP contribution in [0.15, 0.2) is 36.5 Å². The second kappa shape index (κ2) is 5.02. The zero-order chi connectivity index (χ0) is 14.2. The zero-order valence-corrected chi connectivity index (χ0v) is 11.9. The third-order valence-electron chi connectivity index (χ3n) is 5.02. The van der Waals surface area contributed by atoms with Gasteiger partial charge in [0.2, 0.25) is 5.91 Å². The molecule has 0 radical (unpaired) electrons. The first-order valence-corrected chi connectivity index (χ1v) is 7.70. The van der Waals surface area contributed by atoms with Crippen molar-refractivity contribution in [2.75, 3.05) is 5.32 Å². The van der Waals surface area contributed by atoms with Gasteiger partial charge in [-0.3, -0.25) is 9.89 Å². The Morgan fingerprint density at radius 3 is 2.90 bits per heavy atom. The molecule has 2 N–H and O–H groups in total. The number of benzene rings is 1. The number of aromatic nitrogens is 2. The fourth-order valence-electron chi connectivity index (χ4n) is 3.98. The maximum absolute atomic E-state index is 12.5. The van der Waals surface area contributed by atoms with Gasteiger partial charge in [0.05, 0.1) is 5.69 Å². The molecule has 4 heteroatoms. The molecule has 1 aromatic heterocycles. The Balaban J connectivity index is 1.50. The predicted molar refractivity (Wildman–Crippen MR) is 81.6 cm³/mol. The van der Waals surface area contributed by atoms with E-state index >= 15 is 0 Å². The monoisotopic (exact) mass is 281 g/mol. The number of carbonyl (C=O) groups is 1. The van der Waals surface area contributed by atoms with Gasteiger partial charge in [-0.05, 0) is 49.3 Å². The largest absolute Gasteiger partial charge is 0.326 e. The van der Waals surface area contributed by atoms with Gasteiger partial charge in [0, 0.05) is 23.4 Å². The van der Waals surface area contributed by atoms with Crippen molar-refractivity contribution in [1.82, 2.24) is 10.2 Å². The minimum atomic E-state index is 0.198. The molecule has 3 atom stereocenters. The van der Waals surface area contributed by atoms with E-state index in [2.05, 4.69) is 15.5 Å². The fraction of sp³-hybridized carbons (Fsp3) is 0.412. The van der Waals surface area contributed by atoms with Crippen molar-refractivity contribution < 1.29 is 4.79 Å². The standard InChI is InChI=1S/C17H19N3O/c21-17(15-9-11-4-5-12(15)8-11)19-14-3-1-2-13(10-14)16-6-7-18-20-16/h1-3,6-7,10-12,15H,4-5,8-9H2,(H,18,20)(H,19,21). The van der Waals surface area contributed by atoms with Crippen LogP contribution in [0, 0.1) is 17.8 Å². The molecule has 0 saturated heterocycles. The third kappa shape index (κ3) is 2.35. The molecule has 2 aliphatic rings. The van der Waals surface area contributed by atoms with Gasteiger partial charge in [0.15, 0.2) is 0 Å². The topological polar surface area (TPSA) is 57.8 Å². The summed E-state index contributed by atoms with van der Waals surface area (Å²) in [6.45, 7) is 0. The highest BCUT2D eigenvalue weighted by Gasteiger charge is 2.42. The first kappa shape index (κ1) is 12.6. The Labute approximate surface area is 124 Å². The number of fused-ring (bicyclic) bond motifs is 2. The number of aromatic amines is 1. The number of hydrogen-bond donors (Lipinski definition) is 2. The van der Waals surface area contributed by atoms with Gasteiger partial charge >= 0.3 is 0 Å². The SMILES string of the molecule is O=C(Nc1cccc(-c2ccn[nH]2)c1)C1CC2CCC1C2. The lowest BCUT2D eigenvalue weighted by Gasteiger charge is -2.20. The number of H-pyrrole nitrogens is 1. The van der Waals surface area contributed by atoms with Crippen LogP contribution in [0.2, 0.25) is 0 Å². The molecule has 1 amide bonds. The van der Waals surface area contributed by atoms with E-state index in [1.54, 1.807) is 6.20 Å². The molecule has 2 aliphatic carbocycles. The van der Waals surface area contributed by atoms with Crippen LogP contribution in [-0.4, -0.2) is 16.1 Å². The Hall–Kier alpha value is -2.10. The van der Waals surface area contributed by atoms with Crippen molar-refractivity contribution in [2.45, 2.75) is 25.7 Å². The Kier molecular flexibility index (Phi) is 3.02. The Bertz CT molecular complexity index is 650. The van der Waals surface area contributed by atoms with Crippen LogP contribution in [0.25, 0.3) is 11.3 Å². The summed E-state index contributed by atoms with van der Waals surface area (Å²) >= 11 is 0. The van der Waals surface area contributed by atoms with Crippen molar-refractivity contribution in [3.05, 3.63) is 36.5 Å². The second-order valence-electron chi connectivity index (χ2n) is 6.32. The van der Waals surface area contributed by atoms with Crippen molar-refractivity contribution in [3.63, 3.8) is 0 Å². The van der Waals surface area contributed by atoms with Gasteiger partial charge in [-0.25, -0.2) is 0 Å². The van der Waals surface area contributed by atoms with Crippen LogP contribution in [0.4, 0.5) is 5.69 Å². The number of anilines is 1. The molecule has 1 aromatic carbocycles. The molecule has 3 unspecified atom stereocenters. The smallest absolute Gasteiger partial charge is 0.227 e. The van der Waals surface area contributed by atoms with E-state index in [0.717, 1.165) is 29.3 Å². The Morgan fingerprint density at radius 1 is 1.24 bits per heavy atom. The number of carbonyl (C=O) groups excluding carboxylic acids is 1. The summed E-state index contributed by atoms with van der Waals surface area (Å²) in [6, 6.07) is 9.85. The number of nitrogens with zero attached hydrogens (tertiary/aromatic N) is 1. The van der Waals surface area contributed by atoms with Gasteiger partial charge in [0.1, 0.15) is 0 Å². The van der Waals surface area contributed by atoms with Crippen LogP contribution >= 0.6 is 0 Å². The molecular formula is C17H19N3O. The highest BCUT2D eigenvalue weighted by atomic mass is 16.1. The second-order valence-corrected chi connectivity index (χ2v) is 6.32. The lowest BCUT2D eigenvalue weighted by Crippen LogP contribution is -2.27. The summed E-state index contributed by atoms with van der Waals surface area (Å²) in [5.41, 5.74) is 2.87. The van der Waals surface area contributed by atoms with Crippen LogP contribution in [0.1, 0.15) is 25.7 Å². The van der Waals surface area contributed by atoms with Crippen molar-refractivity contribution >= 4 is 11.6 Å². The van der Waals surface area contributed by atoms with E-state index in [9.17, 15) is 4.79 Å². The van der Waals surface area contributed by atoms with E-state index in [1.165, 1.54) is 19.3 Å². The molecule has 4 rings (SSSR count). The molecule has 21 heavy (non-hydrogen) atoms. The first-order chi connectivity index (χ1) is 10.3. The molecule has 4 nitrogen and oxygen atoms in total. The highest BCUT2D eigenvalue weighted by Crippen LogP contribution is 2.48. The molecule has 2 fully saturated rings. The van der Waals surface area contributed by atoms with Crippen molar-refractivity contribution in [1.29, 1.82) is 0 Å². The molecule has 0 spiro atoms. The quantitative estimate of drug-likeness (QED) is 0.905. The van der Waals surface area contributed by atoms with Gasteiger partial charge in [-0.2, -0.15) is 5.10 Å². The number of rotatable bonds is 3.